The molecular formula is C22H20N4O2S. The van der Waals surface area contributed by atoms with Crippen LogP contribution in [0, 0.1) is 13.8 Å². The molecule has 2 heterocycles. The number of nitrogens with zero attached hydrogens (tertiary/aromatic N) is 2. The Bertz CT molecular complexity index is 1240. The first-order chi connectivity index (χ1) is 14.0. The first kappa shape index (κ1) is 19.0. The molecule has 6 nitrogen and oxygen atoms in total. The molecule has 0 amide bonds. The quantitative estimate of drug-likeness (QED) is 0.495. The van der Waals surface area contributed by atoms with E-state index in [1.807, 2.05) is 24.4 Å². The Morgan fingerprint density at radius 1 is 1.00 bits per heavy atom. The Hall–Kier alpha value is -3.32. The van der Waals surface area contributed by atoms with E-state index in [1.165, 1.54) is 23.4 Å². The molecule has 0 atom stereocenters. The van der Waals surface area contributed by atoms with Crippen molar-refractivity contribution < 1.29 is 0 Å². The van der Waals surface area contributed by atoms with Crippen LogP contribution in [0.2, 0.25) is 0 Å². The predicted molar refractivity (Wildman–Crippen MR) is 116 cm³/mol. The normalized spacial score (nSPS) is 11.0. The lowest BCUT2D eigenvalue weighted by atomic mass is 10.1. The largest absolute Gasteiger partial charge is 0.325 e. The summed E-state index contributed by atoms with van der Waals surface area (Å²) in [5, 5.41) is 0.789. The average Bonchev–Trinajstić information content (AvgIpc) is 3.10. The van der Waals surface area contributed by atoms with E-state index in [9.17, 15) is 9.59 Å². The van der Waals surface area contributed by atoms with Crippen molar-refractivity contribution in [2.75, 3.05) is 0 Å². The molecule has 146 valence electrons. The number of thioether (sulfide) groups is 1. The molecule has 0 aliphatic rings. The van der Waals surface area contributed by atoms with E-state index in [1.54, 1.807) is 0 Å². The molecule has 0 unspecified atom stereocenters. The fraction of sp³-hybridized carbons (Fsp3) is 0.136. The number of rotatable bonds is 5. The first-order valence-corrected chi connectivity index (χ1v) is 10.2. The molecule has 0 saturated carbocycles. The lowest BCUT2D eigenvalue weighted by Crippen LogP contribution is -2.22. The second-order valence-electron chi connectivity index (χ2n) is 6.82. The molecule has 0 bridgehead atoms. The van der Waals surface area contributed by atoms with Gasteiger partial charge in [-0.1, -0.05) is 59.8 Å². The smallest absolute Gasteiger partial charge is 0.310 e. The van der Waals surface area contributed by atoms with Crippen LogP contribution in [-0.2, 0) is 5.75 Å². The van der Waals surface area contributed by atoms with Crippen LogP contribution in [0.4, 0.5) is 0 Å². The van der Waals surface area contributed by atoms with Crippen LogP contribution in [-0.4, -0.2) is 19.5 Å². The van der Waals surface area contributed by atoms with Crippen molar-refractivity contribution in [3.63, 3.8) is 0 Å². The van der Waals surface area contributed by atoms with Crippen molar-refractivity contribution >= 4 is 11.8 Å². The van der Waals surface area contributed by atoms with E-state index in [0.29, 0.717) is 11.4 Å². The maximum absolute atomic E-state index is 11.6. The fourth-order valence-electron chi connectivity index (χ4n) is 3.28. The zero-order valence-electron chi connectivity index (χ0n) is 16.1. The van der Waals surface area contributed by atoms with Crippen molar-refractivity contribution in [2.24, 2.45) is 0 Å². The number of hydrogen-bond acceptors (Lipinski definition) is 4. The van der Waals surface area contributed by atoms with Gasteiger partial charge in [-0.25, -0.2) is 9.78 Å². The van der Waals surface area contributed by atoms with Crippen molar-refractivity contribution in [1.29, 1.82) is 0 Å². The minimum Gasteiger partial charge on any atom is -0.310 e. The molecule has 0 spiro atoms. The van der Waals surface area contributed by atoms with E-state index < -0.39 is 11.2 Å². The van der Waals surface area contributed by atoms with Crippen LogP contribution in [0.25, 0.3) is 16.9 Å². The lowest BCUT2D eigenvalue weighted by Gasteiger charge is -2.15. The summed E-state index contributed by atoms with van der Waals surface area (Å²) >= 11 is 1.47. The first-order valence-electron chi connectivity index (χ1n) is 9.17. The molecule has 4 rings (SSSR count). The maximum atomic E-state index is 11.6. The summed E-state index contributed by atoms with van der Waals surface area (Å²) in [6.45, 7) is 4.15. The summed E-state index contributed by atoms with van der Waals surface area (Å²) in [6, 6.07) is 17.8. The molecule has 0 saturated heterocycles. The number of aromatic amines is 2. The van der Waals surface area contributed by atoms with Gasteiger partial charge >= 0.3 is 5.69 Å². The number of imidazole rings is 1. The molecule has 29 heavy (non-hydrogen) atoms. The second-order valence-corrected chi connectivity index (χ2v) is 7.76. The van der Waals surface area contributed by atoms with Crippen LogP contribution >= 0.6 is 11.8 Å². The third kappa shape index (κ3) is 4.09. The molecule has 0 radical (unpaired) electrons. The predicted octanol–water partition coefficient (Wildman–Crippen LogP) is 3.83. The van der Waals surface area contributed by atoms with Gasteiger partial charge in [-0.15, -0.1) is 0 Å². The Balaban J connectivity index is 1.78. The Kier molecular flexibility index (Phi) is 5.22. The van der Waals surface area contributed by atoms with Crippen LogP contribution < -0.4 is 11.2 Å². The topological polar surface area (TPSA) is 83.5 Å². The molecular weight excluding hydrogens is 384 g/mol. The lowest BCUT2D eigenvalue weighted by molar-refractivity contribution is 0.890. The summed E-state index contributed by atoms with van der Waals surface area (Å²) in [5.74, 6) is 0.426. The molecule has 7 heteroatoms. The molecule has 0 aliphatic carbocycles. The summed E-state index contributed by atoms with van der Waals surface area (Å²) in [5.41, 5.74) is 5.09. The standard InChI is InChI=1S/C22H20N4O2S/c1-14-8-9-18(15(2)10-14)26-19(16-6-4-3-5-7-16)12-23-22(26)29-13-17-11-20(27)25-21(28)24-17/h3-12H,13H2,1-2H3,(H2,24,25,27,28). The van der Waals surface area contributed by atoms with Crippen LogP contribution in [0.3, 0.4) is 0 Å². The number of benzene rings is 2. The van der Waals surface area contributed by atoms with E-state index >= 15 is 0 Å². The molecule has 4 aromatic rings. The monoisotopic (exact) mass is 404 g/mol. The van der Waals surface area contributed by atoms with E-state index in [4.69, 9.17) is 0 Å². The molecule has 0 fully saturated rings. The fourth-order valence-corrected chi connectivity index (χ4v) is 4.17. The molecule has 0 aliphatic heterocycles. The minimum absolute atomic E-state index is 0.410. The van der Waals surface area contributed by atoms with Crippen molar-refractivity contribution in [1.82, 2.24) is 19.5 Å². The van der Waals surface area contributed by atoms with Gasteiger partial charge in [0.1, 0.15) is 0 Å². The summed E-state index contributed by atoms with van der Waals surface area (Å²) in [4.78, 5) is 32.6. The maximum Gasteiger partial charge on any atom is 0.325 e. The third-order valence-electron chi connectivity index (χ3n) is 4.57. The minimum atomic E-state index is -0.504. The molecule has 2 aromatic heterocycles. The van der Waals surface area contributed by atoms with Gasteiger partial charge in [0, 0.05) is 23.1 Å². The van der Waals surface area contributed by atoms with Gasteiger partial charge in [0.05, 0.1) is 17.6 Å². The number of aryl methyl sites for hydroxylation is 2. The van der Waals surface area contributed by atoms with E-state index in [2.05, 4.69) is 63.7 Å². The third-order valence-corrected chi connectivity index (χ3v) is 5.57. The summed E-state index contributed by atoms with van der Waals surface area (Å²) in [6.07, 6.45) is 1.86. The summed E-state index contributed by atoms with van der Waals surface area (Å²) in [7, 11) is 0. The van der Waals surface area contributed by atoms with Gasteiger partial charge < -0.3 is 4.98 Å². The second kappa shape index (κ2) is 7.97. The number of H-pyrrole nitrogens is 2. The van der Waals surface area contributed by atoms with Gasteiger partial charge in [0.25, 0.3) is 5.56 Å². The number of nitrogens with one attached hydrogen (secondary N) is 2. The highest BCUT2D eigenvalue weighted by atomic mass is 32.2. The highest BCUT2D eigenvalue weighted by Gasteiger charge is 2.16. The van der Waals surface area contributed by atoms with Gasteiger partial charge in [-0.05, 0) is 25.5 Å². The SMILES string of the molecule is Cc1ccc(-n2c(-c3ccccc3)cnc2SCc2cc(=O)[nH]c(=O)[nH]2)c(C)c1. The molecule has 2 N–H and O–H groups in total. The van der Waals surface area contributed by atoms with E-state index in [0.717, 1.165) is 27.7 Å². The zero-order valence-corrected chi connectivity index (χ0v) is 16.9. The molecule has 2 aromatic carbocycles. The van der Waals surface area contributed by atoms with Crippen molar-refractivity contribution in [2.45, 2.75) is 24.8 Å². The van der Waals surface area contributed by atoms with Gasteiger partial charge in [0.2, 0.25) is 0 Å². The van der Waals surface area contributed by atoms with E-state index in [-0.39, 0.29) is 0 Å². The zero-order chi connectivity index (χ0) is 20.4. The highest BCUT2D eigenvalue weighted by Crippen LogP contribution is 2.32. The van der Waals surface area contributed by atoms with Crippen LogP contribution in [0.15, 0.2) is 75.5 Å². The van der Waals surface area contributed by atoms with Gasteiger partial charge in [-0.2, -0.15) is 0 Å². The highest BCUT2D eigenvalue weighted by molar-refractivity contribution is 7.98. The van der Waals surface area contributed by atoms with Gasteiger partial charge in [-0.3, -0.25) is 14.3 Å². The summed E-state index contributed by atoms with van der Waals surface area (Å²) < 4.78 is 2.13. The van der Waals surface area contributed by atoms with Crippen molar-refractivity contribution in [3.05, 3.63) is 98.5 Å². The van der Waals surface area contributed by atoms with Crippen LogP contribution in [0.1, 0.15) is 16.8 Å². The van der Waals surface area contributed by atoms with Crippen LogP contribution in [0.5, 0.6) is 0 Å². The number of hydrogen-bond donors (Lipinski definition) is 2. The Morgan fingerprint density at radius 3 is 2.52 bits per heavy atom. The Labute approximate surface area is 171 Å². The average molecular weight is 404 g/mol. The number of aromatic nitrogens is 4. The Morgan fingerprint density at radius 2 is 1.79 bits per heavy atom. The van der Waals surface area contributed by atoms with Crippen molar-refractivity contribution in [3.8, 4) is 16.9 Å². The van der Waals surface area contributed by atoms with Gasteiger partial charge in [0.15, 0.2) is 5.16 Å².